The standard InChI is InChI=1S/C38H57NO14/c40-37(41)9-11-43-13-15-45-17-19-47-21-23-49-25-27-51-29-30-52-28-26-50-24-22-48-20-18-46-16-14-44-12-10-39-38(42)53-31-36-34-7-3-1-5-32(34)33-6-2-4-8-35(33)36/h1-8,36H,9-31H2,(H,39,42)(H,40,41). The highest BCUT2D eigenvalue weighted by atomic mass is 16.6. The van der Waals surface area contributed by atoms with Crippen molar-refractivity contribution in [1.82, 2.24) is 5.32 Å². The first-order valence-corrected chi connectivity index (χ1v) is 18.2. The van der Waals surface area contributed by atoms with Crippen molar-refractivity contribution in [2.24, 2.45) is 0 Å². The zero-order valence-electron chi connectivity index (χ0n) is 30.7. The summed E-state index contributed by atoms with van der Waals surface area (Å²) in [6.07, 6.45) is -0.465. The Balaban J connectivity index is 0.955. The van der Waals surface area contributed by atoms with Gasteiger partial charge in [0.2, 0.25) is 0 Å². The first-order valence-electron chi connectivity index (χ1n) is 18.2. The van der Waals surface area contributed by atoms with Crippen LogP contribution in [0.15, 0.2) is 48.5 Å². The molecule has 0 unspecified atom stereocenters. The largest absolute Gasteiger partial charge is 0.481 e. The van der Waals surface area contributed by atoms with Crippen molar-refractivity contribution in [3.63, 3.8) is 0 Å². The second-order valence-corrected chi connectivity index (χ2v) is 11.5. The normalized spacial score (nSPS) is 12.2. The molecule has 0 aromatic heterocycles. The van der Waals surface area contributed by atoms with Crippen LogP contribution < -0.4 is 5.32 Å². The molecular weight excluding hydrogens is 694 g/mol. The molecule has 15 nitrogen and oxygen atoms in total. The number of nitrogens with one attached hydrogen (secondary N) is 1. The van der Waals surface area contributed by atoms with E-state index in [-0.39, 0.29) is 25.6 Å². The number of benzene rings is 2. The summed E-state index contributed by atoms with van der Waals surface area (Å²) in [5, 5.41) is 11.2. The lowest BCUT2D eigenvalue weighted by atomic mass is 9.98. The molecule has 1 aliphatic carbocycles. The maximum Gasteiger partial charge on any atom is 0.407 e. The lowest BCUT2D eigenvalue weighted by Gasteiger charge is -2.14. The van der Waals surface area contributed by atoms with Crippen LogP contribution in [0.4, 0.5) is 4.79 Å². The van der Waals surface area contributed by atoms with Crippen LogP contribution in [-0.2, 0) is 56.9 Å². The molecular formula is C38H57NO14. The Labute approximate surface area is 312 Å². The van der Waals surface area contributed by atoms with E-state index < -0.39 is 12.1 Å². The van der Waals surface area contributed by atoms with Crippen LogP contribution in [-0.4, -0.2) is 162 Å². The smallest absolute Gasteiger partial charge is 0.407 e. The van der Waals surface area contributed by atoms with Gasteiger partial charge in [-0.2, -0.15) is 0 Å². The van der Waals surface area contributed by atoms with Crippen LogP contribution in [0.5, 0.6) is 0 Å². The molecule has 0 saturated carbocycles. The van der Waals surface area contributed by atoms with Crippen LogP contribution in [0, 0.1) is 0 Å². The summed E-state index contributed by atoms with van der Waals surface area (Å²) in [4.78, 5) is 22.6. The number of fused-ring (bicyclic) bond motifs is 3. The predicted octanol–water partition coefficient (Wildman–Crippen LogP) is 3.17. The molecule has 1 aliphatic rings. The van der Waals surface area contributed by atoms with Crippen molar-refractivity contribution < 1.29 is 66.8 Å². The first kappa shape index (κ1) is 44.2. The number of alkyl carbamates (subject to hydrolysis) is 1. The van der Waals surface area contributed by atoms with Gasteiger partial charge in [0.05, 0.1) is 139 Å². The van der Waals surface area contributed by atoms with Crippen molar-refractivity contribution in [2.75, 3.05) is 145 Å². The molecule has 53 heavy (non-hydrogen) atoms. The highest BCUT2D eigenvalue weighted by Gasteiger charge is 2.28. The number of aliphatic carboxylic acids is 1. The van der Waals surface area contributed by atoms with Gasteiger partial charge in [-0.25, -0.2) is 4.79 Å². The van der Waals surface area contributed by atoms with Crippen LogP contribution in [0.1, 0.15) is 23.5 Å². The fourth-order valence-corrected chi connectivity index (χ4v) is 5.12. The molecule has 0 saturated heterocycles. The third-order valence-corrected chi connectivity index (χ3v) is 7.67. The van der Waals surface area contributed by atoms with E-state index in [9.17, 15) is 9.59 Å². The molecule has 298 valence electrons. The minimum absolute atomic E-state index is 0.00719. The van der Waals surface area contributed by atoms with E-state index in [1.165, 1.54) is 22.3 Å². The first-order chi connectivity index (χ1) is 26.2. The van der Waals surface area contributed by atoms with Gasteiger partial charge in [0, 0.05) is 12.5 Å². The molecule has 0 spiro atoms. The number of carbonyl (C=O) groups is 2. The molecule has 0 fully saturated rings. The second-order valence-electron chi connectivity index (χ2n) is 11.5. The summed E-state index contributed by atoms with van der Waals surface area (Å²) in [6.45, 7) is 9.32. The van der Waals surface area contributed by atoms with Gasteiger partial charge in [0.1, 0.15) is 6.61 Å². The number of amides is 1. The summed E-state index contributed by atoms with van der Waals surface area (Å²) in [5.41, 5.74) is 4.76. The zero-order chi connectivity index (χ0) is 37.4. The summed E-state index contributed by atoms with van der Waals surface area (Å²) < 4.78 is 59.8. The Bertz CT molecular complexity index is 1190. The van der Waals surface area contributed by atoms with E-state index in [1.807, 2.05) is 24.3 Å². The minimum atomic E-state index is -0.878. The monoisotopic (exact) mass is 751 g/mol. The number of carboxylic acids is 1. The van der Waals surface area contributed by atoms with Crippen molar-refractivity contribution in [3.05, 3.63) is 59.7 Å². The van der Waals surface area contributed by atoms with E-state index in [4.69, 9.17) is 57.2 Å². The van der Waals surface area contributed by atoms with E-state index in [0.29, 0.717) is 132 Å². The van der Waals surface area contributed by atoms with E-state index in [2.05, 4.69) is 29.6 Å². The van der Waals surface area contributed by atoms with Crippen LogP contribution >= 0.6 is 0 Å². The molecule has 0 atom stereocenters. The van der Waals surface area contributed by atoms with E-state index in [0.717, 1.165) is 0 Å². The van der Waals surface area contributed by atoms with Gasteiger partial charge in [-0.05, 0) is 22.3 Å². The van der Waals surface area contributed by atoms with E-state index >= 15 is 0 Å². The number of ether oxygens (including phenoxy) is 11. The lowest BCUT2D eigenvalue weighted by molar-refractivity contribution is -0.138. The summed E-state index contributed by atoms with van der Waals surface area (Å²) in [6, 6.07) is 16.5. The van der Waals surface area contributed by atoms with Crippen molar-refractivity contribution in [3.8, 4) is 11.1 Å². The topological polar surface area (TPSA) is 168 Å². The van der Waals surface area contributed by atoms with Gasteiger partial charge in [-0.15, -0.1) is 0 Å². The molecule has 15 heteroatoms. The number of carboxylic acid groups (broad SMARTS) is 1. The zero-order valence-corrected chi connectivity index (χ0v) is 30.7. The third kappa shape index (κ3) is 20.7. The fraction of sp³-hybridized carbons (Fsp3) is 0.632. The molecule has 1 amide bonds. The average molecular weight is 752 g/mol. The van der Waals surface area contributed by atoms with E-state index in [1.54, 1.807) is 0 Å². The van der Waals surface area contributed by atoms with Crippen molar-refractivity contribution >= 4 is 12.1 Å². The summed E-state index contributed by atoms with van der Waals surface area (Å²) >= 11 is 0. The fourth-order valence-electron chi connectivity index (χ4n) is 5.12. The Morgan fingerprint density at radius 2 is 0.792 bits per heavy atom. The van der Waals surface area contributed by atoms with Crippen LogP contribution in [0.25, 0.3) is 11.1 Å². The van der Waals surface area contributed by atoms with Gasteiger partial charge in [0.25, 0.3) is 0 Å². The number of carbonyl (C=O) groups excluding carboxylic acids is 1. The second kappa shape index (κ2) is 30.1. The quantitative estimate of drug-likeness (QED) is 0.0986. The summed E-state index contributed by atoms with van der Waals surface area (Å²) in [5.74, 6) is -0.845. The van der Waals surface area contributed by atoms with Gasteiger partial charge in [-0.1, -0.05) is 48.5 Å². The molecule has 0 radical (unpaired) electrons. The molecule has 3 rings (SSSR count). The maximum absolute atomic E-state index is 12.2. The van der Waals surface area contributed by atoms with Crippen molar-refractivity contribution in [2.45, 2.75) is 12.3 Å². The SMILES string of the molecule is O=C(O)CCOCCOCCOCCOCCOCCOCCOCCOCCOCCOCCNC(=O)OCC1c2ccccc2-c2ccccc21. The third-order valence-electron chi connectivity index (χ3n) is 7.67. The lowest BCUT2D eigenvalue weighted by Crippen LogP contribution is -2.29. The molecule has 0 bridgehead atoms. The number of hydrogen-bond donors (Lipinski definition) is 2. The number of rotatable bonds is 35. The molecule has 0 aliphatic heterocycles. The Morgan fingerprint density at radius 1 is 0.472 bits per heavy atom. The van der Waals surface area contributed by atoms with Crippen molar-refractivity contribution in [1.29, 1.82) is 0 Å². The average Bonchev–Trinajstić information content (AvgIpc) is 3.49. The Morgan fingerprint density at radius 3 is 1.15 bits per heavy atom. The number of hydrogen-bond acceptors (Lipinski definition) is 13. The highest BCUT2D eigenvalue weighted by molar-refractivity contribution is 5.79. The molecule has 2 aromatic carbocycles. The molecule has 2 aromatic rings. The Hall–Kier alpha value is -3.22. The predicted molar refractivity (Wildman–Crippen MR) is 194 cm³/mol. The van der Waals surface area contributed by atoms with Gasteiger partial charge >= 0.3 is 12.1 Å². The minimum Gasteiger partial charge on any atom is -0.481 e. The highest BCUT2D eigenvalue weighted by Crippen LogP contribution is 2.44. The summed E-state index contributed by atoms with van der Waals surface area (Å²) in [7, 11) is 0. The Kier molecular flexibility index (Phi) is 25.1. The maximum atomic E-state index is 12.2. The molecule has 0 heterocycles. The van der Waals surface area contributed by atoms with Gasteiger partial charge in [0.15, 0.2) is 0 Å². The van der Waals surface area contributed by atoms with Crippen LogP contribution in [0.3, 0.4) is 0 Å². The molecule has 2 N–H and O–H groups in total. The van der Waals surface area contributed by atoms with Crippen LogP contribution in [0.2, 0.25) is 0 Å². The van der Waals surface area contributed by atoms with Gasteiger partial charge < -0.3 is 62.5 Å². The van der Waals surface area contributed by atoms with Gasteiger partial charge in [-0.3, -0.25) is 4.79 Å².